The number of hydrogen-bond donors (Lipinski definition) is 2. The van der Waals surface area contributed by atoms with E-state index in [9.17, 15) is 14.4 Å². The standard InChI is InChI=1S/C21H26N2O3S.C4H4O4/c24-21-23(16-18(26-21)15-19-7-4-14-27-19)20(17-5-2-1-3-6-17)8-9-22-10-12-25-13-11-22;5-3(6)1-2-4(7)8/h1-7,14,18,20H,8-13,15-16H2;1-2H,(H,5,6)(H,7,8)/b;2-1+. The fraction of sp³-hybridized carbons (Fsp3) is 0.400. The van der Waals surface area contributed by atoms with E-state index in [2.05, 4.69) is 28.5 Å². The van der Waals surface area contributed by atoms with Gasteiger partial charge in [-0.2, -0.15) is 0 Å². The molecule has 35 heavy (non-hydrogen) atoms. The van der Waals surface area contributed by atoms with E-state index in [1.54, 1.807) is 11.3 Å². The maximum Gasteiger partial charge on any atom is 0.410 e. The Labute approximate surface area is 208 Å². The number of thiophene rings is 1. The van der Waals surface area contributed by atoms with Crippen LogP contribution in [0.5, 0.6) is 0 Å². The van der Waals surface area contributed by atoms with Crippen molar-refractivity contribution < 1.29 is 34.1 Å². The van der Waals surface area contributed by atoms with Gasteiger partial charge in [0.2, 0.25) is 0 Å². The molecule has 0 radical (unpaired) electrons. The van der Waals surface area contributed by atoms with Gasteiger partial charge in [0.1, 0.15) is 6.10 Å². The van der Waals surface area contributed by atoms with Crippen LogP contribution in [0.1, 0.15) is 22.9 Å². The van der Waals surface area contributed by atoms with Crippen LogP contribution >= 0.6 is 11.3 Å². The van der Waals surface area contributed by atoms with Crippen molar-refractivity contribution in [2.45, 2.75) is 25.0 Å². The van der Waals surface area contributed by atoms with Crippen molar-refractivity contribution in [3.8, 4) is 0 Å². The monoisotopic (exact) mass is 502 g/mol. The molecule has 1 aromatic heterocycles. The van der Waals surface area contributed by atoms with Crippen molar-refractivity contribution >= 4 is 29.4 Å². The van der Waals surface area contributed by atoms with Gasteiger partial charge in [0.05, 0.1) is 25.8 Å². The molecule has 9 nitrogen and oxygen atoms in total. The van der Waals surface area contributed by atoms with Gasteiger partial charge in [-0.25, -0.2) is 14.4 Å². The Morgan fingerprint density at radius 1 is 1.06 bits per heavy atom. The second-order valence-corrected chi connectivity index (χ2v) is 9.15. The van der Waals surface area contributed by atoms with Crippen molar-refractivity contribution in [2.24, 2.45) is 0 Å². The Kier molecular flexibility index (Phi) is 10.3. The van der Waals surface area contributed by atoms with Crippen LogP contribution in [0.3, 0.4) is 0 Å². The summed E-state index contributed by atoms with van der Waals surface area (Å²) >= 11 is 1.72. The maximum atomic E-state index is 12.7. The van der Waals surface area contributed by atoms with Crippen LogP contribution in [-0.4, -0.2) is 83.5 Å². The molecule has 0 aliphatic carbocycles. The van der Waals surface area contributed by atoms with Gasteiger partial charge in [0.15, 0.2) is 0 Å². The predicted octanol–water partition coefficient (Wildman–Crippen LogP) is 3.29. The summed E-state index contributed by atoms with van der Waals surface area (Å²) in [6, 6.07) is 14.5. The van der Waals surface area contributed by atoms with E-state index < -0.39 is 11.9 Å². The SMILES string of the molecule is O=C(O)/C=C/C(=O)O.O=C1OC(Cc2cccs2)CN1C(CCN1CCOCC1)c1ccccc1. The molecule has 2 aromatic rings. The van der Waals surface area contributed by atoms with Gasteiger partial charge < -0.3 is 19.7 Å². The molecule has 3 heterocycles. The summed E-state index contributed by atoms with van der Waals surface area (Å²) < 4.78 is 11.1. The summed E-state index contributed by atoms with van der Waals surface area (Å²) in [4.78, 5) is 37.4. The molecule has 2 N–H and O–H groups in total. The van der Waals surface area contributed by atoms with E-state index >= 15 is 0 Å². The summed E-state index contributed by atoms with van der Waals surface area (Å²) in [5, 5.41) is 17.7. The molecule has 2 atom stereocenters. The minimum atomic E-state index is -1.26. The molecule has 2 fully saturated rings. The zero-order valence-electron chi connectivity index (χ0n) is 19.3. The maximum absolute atomic E-state index is 12.7. The molecule has 188 valence electrons. The Hall–Kier alpha value is -3.21. The first kappa shape index (κ1) is 26.4. The third-order valence-corrected chi connectivity index (χ3v) is 6.56. The fourth-order valence-corrected chi connectivity index (χ4v) is 4.78. The van der Waals surface area contributed by atoms with Crippen LogP contribution in [-0.2, 0) is 25.5 Å². The quantitative estimate of drug-likeness (QED) is 0.502. The Balaban J connectivity index is 0.000000371. The van der Waals surface area contributed by atoms with Crippen molar-refractivity contribution in [1.82, 2.24) is 9.80 Å². The second kappa shape index (κ2) is 13.6. The number of cyclic esters (lactones) is 1. The van der Waals surface area contributed by atoms with Crippen molar-refractivity contribution in [1.29, 1.82) is 0 Å². The smallest absolute Gasteiger partial charge is 0.410 e. The first-order chi connectivity index (χ1) is 16.9. The molecule has 2 aliphatic rings. The van der Waals surface area contributed by atoms with Gasteiger partial charge in [-0.1, -0.05) is 36.4 Å². The molecule has 2 aliphatic heterocycles. The lowest BCUT2D eigenvalue weighted by Crippen LogP contribution is -2.39. The molecule has 4 rings (SSSR count). The molecule has 10 heteroatoms. The Bertz CT molecular complexity index is 959. The number of amides is 1. The average Bonchev–Trinajstić information content (AvgIpc) is 3.49. The van der Waals surface area contributed by atoms with Crippen molar-refractivity contribution in [2.75, 3.05) is 39.4 Å². The Morgan fingerprint density at radius 3 is 2.34 bits per heavy atom. The lowest BCUT2D eigenvalue weighted by atomic mass is 10.0. The number of carbonyl (C=O) groups is 3. The third kappa shape index (κ3) is 8.82. The number of nitrogens with zero attached hydrogens (tertiary/aromatic N) is 2. The zero-order valence-corrected chi connectivity index (χ0v) is 20.1. The van der Waals surface area contributed by atoms with E-state index in [1.807, 2.05) is 29.2 Å². The van der Waals surface area contributed by atoms with E-state index in [4.69, 9.17) is 19.7 Å². The first-order valence-corrected chi connectivity index (χ1v) is 12.3. The molecule has 1 aromatic carbocycles. The number of carboxylic acids is 2. The van der Waals surface area contributed by atoms with E-state index in [0.717, 1.165) is 45.7 Å². The second-order valence-electron chi connectivity index (χ2n) is 8.12. The van der Waals surface area contributed by atoms with Crippen LogP contribution in [0.15, 0.2) is 60.0 Å². The van der Waals surface area contributed by atoms with Crippen LogP contribution in [0.25, 0.3) is 0 Å². The van der Waals surface area contributed by atoms with Crippen molar-refractivity contribution in [3.63, 3.8) is 0 Å². The van der Waals surface area contributed by atoms with Gasteiger partial charge in [0.25, 0.3) is 0 Å². The van der Waals surface area contributed by atoms with Gasteiger partial charge >= 0.3 is 18.0 Å². The normalized spacial score (nSPS) is 19.1. The number of morpholine rings is 1. The minimum absolute atomic E-state index is 0.0508. The fourth-order valence-electron chi connectivity index (χ4n) is 4.01. The molecule has 2 saturated heterocycles. The minimum Gasteiger partial charge on any atom is -0.478 e. The molecular formula is C25H30N2O7S. The number of aliphatic carboxylic acids is 2. The largest absolute Gasteiger partial charge is 0.478 e. The first-order valence-electron chi connectivity index (χ1n) is 11.4. The lowest BCUT2D eigenvalue weighted by molar-refractivity contribution is -0.134. The third-order valence-electron chi connectivity index (χ3n) is 5.66. The van der Waals surface area contributed by atoms with Gasteiger partial charge in [0, 0.05) is 43.1 Å². The number of carboxylic acid groups (broad SMARTS) is 2. The summed E-state index contributed by atoms with van der Waals surface area (Å²) in [6.07, 6.45) is 2.57. The van der Waals surface area contributed by atoms with Crippen LogP contribution in [0.4, 0.5) is 4.79 Å². The molecular weight excluding hydrogens is 472 g/mol. The number of rotatable bonds is 9. The molecule has 1 amide bonds. The highest BCUT2D eigenvalue weighted by atomic mass is 32.1. The van der Waals surface area contributed by atoms with E-state index in [0.29, 0.717) is 18.7 Å². The summed E-state index contributed by atoms with van der Waals surface area (Å²) in [7, 11) is 0. The highest BCUT2D eigenvalue weighted by Gasteiger charge is 2.37. The van der Waals surface area contributed by atoms with Crippen LogP contribution in [0.2, 0.25) is 0 Å². The van der Waals surface area contributed by atoms with Crippen molar-refractivity contribution in [3.05, 3.63) is 70.4 Å². The summed E-state index contributed by atoms with van der Waals surface area (Å²) in [5.74, 6) is -2.51. The molecule has 0 spiro atoms. The predicted molar refractivity (Wildman–Crippen MR) is 130 cm³/mol. The van der Waals surface area contributed by atoms with E-state index in [-0.39, 0.29) is 18.2 Å². The van der Waals surface area contributed by atoms with Gasteiger partial charge in [-0.05, 0) is 23.4 Å². The molecule has 0 bridgehead atoms. The number of ether oxygens (including phenoxy) is 2. The van der Waals surface area contributed by atoms with Crippen LogP contribution < -0.4 is 0 Å². The molecule has 2 unspecified atom stereocenters. The topological polar surface area (TPSA) is 117 Å². The highest BCUT2D eigenvalue weighted by Crippen LogP contribution is 2.30. The number of hydrogen-bond acceptors (Lipinski definition) is 7. The summed E-state index contributed by atoms with van der Waals surface area (Å²) in [6.45, 7) is 5.14. The number of carbonyl (C=O) groups excluding carboxylic acids is 1. The number of benzene rings is 1. The van der Waals surface area contributed by atoms with Gasteiger partial charge in [-0.15, -0.1) is 11.3 Å². The zero-order chi connectivity index (χ0) is 25.0. The Morgan fingerprint density at radius 2 is 1.74 bits per heavy atom. The summed E-state index contributed by atoms with van der Waals surface area (Å²) in [5.41, 5.74) is 1.18. The van der Waals surface area contributed by atoms with Crippen LogP contribution in [0, 0.1) is 0 Å². The average molecular weight is 503 g/mol. The highest BCUT2D eigenvalue weighted by molar-refractivity contribution is 7.09. The molecule has 0 saturated carbocycles. The van der Waals surface area contributed by atoms with Gasteiger partial charge in [-0.3, -0.25) is 9.80 Å². The lowest BCUT2D eigenvalue weighted by Gasteiger charge is -2.31. The van der Waals surface area contributed by atoms with E-state index in [1.165, 1.54) is 10.4 Å².